The molecule has 1 N–H and O–H groups in total. The van der Waals surface area contributed by atoms with Crippen LogP contribution in [0.1, 0.15) is 24.0 Å². The molecule has 1 amide bonds. The lowest BCUT2D eigenvalue weighted by Gasteiger charge is -2.22. The number of sulfonamides is 2. The van der Waals surface area contributed by atoms with E-state index in [-0.39, 0.29) is 27.9 Å². The zero-order valence-electron chi connectivity index (χ0n) is 21.4. The molecule has 0 unspecified atom stereocenters. The highest BCUT2D eigenvalue weighted by Gasteiger charge is 2.29. The van der Waals surface area contributed by atoms with E-state index in [1.165, 1.54) is 41.7 Å². The second-order valence-corrected chi connectivity index (χ2v) is 13.4. The van der Waals surface area contributed by atoms with Crippen molar-refractivity contribution < 1.29 is 26.4 Å². The van der Waals surface area contributed by atoms with E-state index >= 15 is 0 Å². The molecular formula is C27H30ClN3O6S2. The molecule has 0 saturated carbocycles. The largest absolute Gasteiger partial charge is 0.495 e. The number of nitrogens with one attached hydrogen (secondary N) is 1. The average molecular weight is 592 g/mol. The Balaban J connectivity index is 1.46. The van der Waals surface area contributed by atoms with Gasteiger partial charge in [0.05, 0.1) is 28.5 Å². The third-order valence-corrected chi connectivity index (χ3v) is 10.4. The number of carbonyl (C=O) groups is 1. The molecule has 1 aliphatic rings. The fraction of sp³-hybridized carbons (Fsp3) is 0.296. The molecule has 0 atom stereocenters. The van der Waals surface area contributed by atoms with Crippen molar-refractivity contribution in [3.8, 4) is 5.75 Å². The van der Waals surface area contributed by atoms with Gasteiger partial charge in [0.2, 0.25) is 26.0 Å². The summed E-state index contributed by atoms with van der Waals surface area (Å²) in [4.78, 5) is 13.0. The minimum Gasteiger partial charge on any atom is -0.495 e. The zero-order chi connectivity index (χ0) is 28.0. The number of hydrogen-bond donors (Lipinski definition) is 1. The van der Waals surface area contributed by atoms with Crippen LogP contribution < -0.4 is 10.1 Å². The summed E-state index contributed by atoms with van der Waals surface area (Å²) in [6, 6.07) is 19.4. The number of methoxy groups -OCH3 is 1. The van der Waals surface area contributed by atoms with Crippen molar-refractivity contribution in [3.05, 3.63) is 88.9 Å². The summed E-state index contributed by atoms with van der Waals surface area (Å²) in [5.74, 6) is -0.176. The van der Waals surface area contributed by atoms with Gasteiger partial charge in [0.1, 0.15) is 5.75 Å². The van der Waals surface area contributed by atoms with Gasteiger partial charge < -0.3 is 10.1 Å². The highest BCUT2D eigenvalue weighted by atomic mass is 35.5. The molecule has 0 spiro atoms. The average Bonchev–Trinajstić information content (AvgIpc) is 3.48. The van der Waals surface area contributed by atoms with Crippen LogP contribution in [0.5, 0.6) is 5.75 Å². The van der Waals surface area contributed by atoms with Crippen molar-refractivity contribution in [1.29, 1.82) is 0 Å². The van der Waals surface area contributed by atoms with Crippen LogP contribution >= 0.6 is 11.6 Å². The number of amides is 1. The molecule has 39 heavy (non-hydrogen) atoms. The maximum atomic E-state index is 13.5. The second-order valence-electron chi connectivity index (χ2n) is 9.09. The van der Waals surface area contributed by atoms with Crippen LogP contribution in [0.3, 0.4) is 0 Å². The predicted molar refractivity (Wildman–Crippen MR) is 148 cm³/mol. The maximum Gasteiger partial charge on any atom is 0.243 e. The first-order valence-corrected chi connectivity index (χ1v) is 15.6. The Kier molecular flexibility index (Phi) is 9.29. The van der Waals surface area contributed by atoms with Crippen LogP contribution in [0.15, 0.2) is 82.6 Å². The number of ether oxygens (including phenoxy) is 1. The lowest BCUT2D eigenvalue weighted by Crippen LogP contribution is -2.40. The van der Waals surface area contributed by atoms with Crippen molar-refractivity contribution in [1.82, 2.24) is 13.9 Å². The predicted octanol–water partition coefficient (Wildman–Crippen LogP) is 3.64. The molecule has 9 nitrogen and oxygen atoms in total. The Morgan fingerprint density at radius 3 is 2.18 bits per heavy atom. The van der Waals surface area contributed by atoms with E-state index < -0.39 is 32.5 Å². The zero-order valence-corrected chi connectivity index (χ0v) is 23.8. The first-order valence-electron chi connectivity index (χ1n) is 12.3. The smallest absolute Gasteiger partial charge is 0.243 e. The van der Waals surface area contributed by atoms with Gasteiger partial charge in [-0.25, -0.2) is 16.8 Å². The molecule has 12 heteroatoms. The first-order chi connectivity index (χ1) is 18.6. The van der Waals surface area contributed by atoms with Crippen molar-refractivity contribution in [2.45, 2.75) is 35.7 Å². The third kappa shape index (κ3) is 6.98. The van der Waals surface area contributed by atoms with Crippen LogP contribution in [0.4, 0.5) is 0 Å². The van der Waals surface area contributed by atoms with E-state index in [1.54, 1.807) is 36.4 Å². The molecule has 0 bridgehead atoms. The summed E-state index contributed by atoms with van der Waals surface area (Å²) in [6.07, 6.45) is 1.71. The Morgan fingerprint density at radius 2 is 1.56 bits per heavy atom. The molecule has 3 aromatic rings. The van der Waals surface area contributed by atoms with Crippen molar-refractivity contribution in [2.75, 3.05) is 26.7 Å². The third-order valence-electron chi connectivity index (χ3n) is 6.40. The van der Waals surface area contributed by atoms with E-state index in [0.717, 1.165) is 17.1 Å². The Hall–Kier alpha value is -2.96. The minimum absolute atomic E-state index is 0.0245. The van der Waals surface area contributed by atoms with Gasteiger partial charge in [0.15, 0.2) is 0 Å². The topological polar surface area (TPSA) is 113 Å². The van der Waals surface area contributed by atoms with Crippen molar-refractivity contribution >= 4 is 37.6 Å². The van der Waals surface area contributed by atoms with E-state index in [4.69, 9.17) is 16.3 Å². The van der Waals surface area contributed by atoms with Gasteiger partial charge in [-0.15, -0.1) is 0 Å². The number of carbonyl (C=O) groups excluding carboxylic acids is 1. The molecule has 1 aliphatic heterocycles. The standard InChI is InChI=1S/C27H30ClN3O6S2/c1-37-26-14-13-24(17-25(26)28)39(35,36)31(19-22-7-3-2-4-8-22)20-27(32)29-18-21-9-11-23(12-10-21)38(33,34)30-15-5-6-16-30/h2-4,7-14,17H,5-6,15-16,18-20H2,1H3,(H,29,32). The fourth-order valence-electron chi connectivity index (χ4n) is 4.24. The Labute approximate surface area is 234 Å². The molecule has 0 aliphatic carbocycles. The first kappa shape index (κ1) is 29.0. The summed E-state index contributed by atoms with van der Waals surface area (Å²) in [6.45, 7) is 0.693. The Bertz CT molecular complexity index is 1510. The van der Waals surface area contributed by atoms with E-state index in [0.29, 0.717) is 30.0 Å². The molecule has 1 heterocycles. The summed E-state index contributed by atoms with van der Waals surface area (Å²) in [7, 11) is -6.19. The highest BCUT2D eigenvalue weighted by Crippen LogP contribution is 2.29. The molecule has 4 rings (SSSR count). The molecule has 0 radical (unpaired) electrons. The normalized spacial score (nSPS) is 14.4. The van der Waals surface area contributed by atoms with Crippen molar-refractivity contribution in [3.63, 3.8) is 0 Å². The summed E-state index contributed by atoms with van der Waals surface area (Å²) in [5, 5.41) is 2.87. The maximum absolute atomic E-state index is 13.5. The second kappa shape index (κ2) is 12.5. The molecule has 208 valence electrons. The van der Waals surface area contributed by atoms with Gasteiger partial charge in [-0.05, 0) is 54.3 Å². The number of halogens is 1. The van der Waals surface area contributed by atoms with E-state index in [1.807, 2.05) is 6.07 Å². The van der Waals surface area contributed by atoms with Gasteiger partial charge in [0, 0.05) is 26.2 Å². The van der Waals surface area contributed by atoms with Gasteiger partial charge in [-0.3, -0.25) is 4.79 Å². The van der Waals surface area contributed by atoms with E-state index in [9.17, 15) is 21.6 Å². The highest BCUT2D eigenvalue weighted by molar-refractivity contribution is 7.89. The molecule has 1 saturated heterocycles. The number of rotatable bonds is 11. The fourth-order valence-corrected chi connectivity index (χ4v) is 7.49. The Morgan fingerprint density at radius 1 is 0.923 bits per heavy atom. The van der Waals surface area contributed by atoms with Gasteiger partial charge >= 0.3 is 0 Å². The van der Waals surface area contributed by atoms with Crippen LogP contribution in [0, 0.1) is 0 Å². The van der Waals surface area contributed by atoms with Crippen molar-refractivity contribution in [2.24, 2.45) is 0 Å². The summed E-state index contributed by atoms with van der Waals surface area (Å²) in [5.41, 5.74) is 1.39. The van der Waals surface area contributed by atoms with Crippen LogP contribution in [0.25, 0.3) is 0 Å². The summed E-state index contributed by atoms with van der Waals surface area (Å²) < 4.78 is 60.2. The monoisotopic (exact) mass is 591 g/mol. The summed E-state index contributed by atoms with van der Waals surface area (Å²) >= 11 is 6.17. The van der Waals surface area contributed by atoms with Gasteiger partial charge in [-0.1, -0.05) is 54.1 Å². The number of hydrogen-bond acceptors (Lipinski definition) is 6. The molecule has 1 fully saturated rings. The lowest BCUT2D eigenvalue weighted by atomic mass is 10.2. The van der Waals surface area contributed by atoms with Crippen LogP contribution in [-0.4, -0.2) is 58.1 Å². The van der Waals surface area contributed by atoms with E-state index in [2.05, 4.69) is 5.32 Å². The lowest BCUT2D eigenvalue weighted by molar-refractivity contribution is -0.121. The minimum atomic E-state index is -4.09. The van der Waals surface area contributed by atoms with Gasteiger partial charge in [-0.2, -0.15) is 8.61 Å². The molecule has 3 aromatic carbocycles. The molecular weight excluding hydrogens is 562 g/mol. The quantitative estimate of drug-likeness (QED) is 0.364. The van der Waals surface area contributed by atoms with Gasteiger partial charge in [0.25, 0.3) is 0 Å². The number of benzene rings is 3. The molecule has 0 aromatic heterocycles. The number of nitrogens with zero attached hydrogens (tertiary/aromatic N) is 2. The van der Waals surface area contributed by atoms with Crippen LogP contribution in [-0.2, 0) is 37.9 Å². The SMILES string of the molecule is COc1ccc(S(=O)(=O)N(CC(=O)NCc2ccc(S(=O)(=O)N3CCCC3)cc2)Cc2ccccc2)cc1Cl. The van der Waals surface area contributed by atoms with Crippen LogP contribution in [0.2, 0.25) is 5.02 Å².